The third kappa shape index (κ3) is 4.52. The lowest BCUT2D eigenvalue weighted by Crippen LogP contribution is -2.31. The van der Waals surface area contributed by atoms with Crippen LogP contribution < -0.4 is 5.32 Å². The molecule has 3 aromatic rings. The molecule has 1 saturated heterocycles. The minimum Gasteiger partial charge on any atom is -0.340 e. The summed E-state index contributed by atoms with van der Waals surface area (Å²) >= 11 is 0. The van der Waals surface area contributed by atoms with Gasteiger partial charge in [0, 0.05) is 30.4 Å². The summed E-state index contributed by atoms with van der Waals surface area (Å²) in [4.78, 5) is 19.3. The van der Waals surface area contributed by atoms with E-state index in [1.807, 2.05) is 42.5 Å². The molecular weight excluding hydrogens is 334 g/mol. The number of anilines is 2. The standard InChI is InChI=1S/C23H25N3O/c27-22(11-15-26-13-4-1-5-14-26)20-8-7-19-17-21(10-9-18(19)16-20)25-23-6-2-3-12-24-23/h2-3,6-10,12,16-17H,1,4-5,11,13-15H2,(H,24,25). The number of ketones is 1. The van der Waals surface area contributed by atoms with E-state index in [0.717, 1.165) is 47.5 Å². The summed E-state index contributed by atoms with van der Waals surface area (Å²) in [6, 6.07) is 18.0. The first-order chi connectivity index (χ1) is 13.3. The molecule has 0 radical (unpaired) electrons. The fourth-order valence-corrected chi connectivity index (χ4v) is 3.67. The molecule has 1 fully saturated rings. The van der Waals surface area contributed by atoms with Crippen LogP contribution in [-0.4, -0.2) is 35.3 Å². The number of benzene rings is 2. The molecule has 27 heavy (non-hydrogen) atoms. The first-order valence-electron chi connectivity index (χ1n) is 9.75. The molecule has 138 valence electrons. The number of carbonyl (C=O) groups excluding carboxylic acids is 1. The van der Waals surface area contributed by atoms with Crippen LogP contribution in [0.4, 0.5) is 11.5 Å². The van der Waals surface area contributed by atoms with Crippen molar-refractivity contribution < 1.29 is 4.79 Å². The monoisotopic (exact) mass is 359 g/mol. The molecule has 1 aliphatic rings. The van der Waals surface area contributed by atoms with Crippen LogP contribution in [0.15, 0.2) is 60.8 Å². The Labute approximate surface area is 160 Å². The van der Waals surface area contributed by atoms with Crippen molar-refractivity contribution in [3.8, 4) is 0 Å². The summed E-state index contributed by atoms with van der Waals surface area (Å²) in [6.45, 7) is 3.15. The van der Waals surface area contributed by atoms with Crippen molar-refractivity contribution in [2.45, 2.75) is 25.7 Å². The quantitative estimate of drug-likeness (QED) is 0.627. The van der Waals surface area contributed by atoms with Gasteiger partial charge in [0.2, 0.25) is 0 Å². The highest BCUT2D eigenvalue weighted by molar-refractivity contribution is 6.00. The normalized spacial score (nSPS) is 15.0. The molecule has 4 rings (SSSR count). The number of hydrogen-bond acceptors (Lipinski definition) is 4. The van der Waals surface area contributed by atoms with Crippen LogP contribution in [0, 0.1) is 0 Å². The summed E-state index contributed by atoms with van der Waals surface area (Å²) in [5.74, 6) is 1.06. The summed E-state index contributed by atoms with van der Waals surface area (Å²) < 4.78 is 0. The number of aromatic nitrogens is 1. The van der Waals surface area contributed by atoms with E-state index in [1.54, 1.807) is 6.20 Å². The number of piperidine rings is 1. The minimum atomic E-state index is 0.234. The summed E-state index contributed by atoms with van der Waals surface area (Å²) in [6.07, 6.45) is 6.22. The minimum absolute atomic E-state index is 0.234. The third-order valence-corrected chi connectivity index (χ3v) is 5.20. The zero-order chi connectivity index (χ0) is 18.5. The second-order valence-electron chi connectivity index (χ2n) is 7.19. The van der Waals surface area contributed by atoms with E-state index >= 15 is 0 Å². The lowest BCUT2D eigenvalue weighted by atomic mass is 10.0. The molecule has 0 amide bonds. The number of hydrogen-bond donors (Lipinski definition) is 1. The molecule has 1 aromatic heterocycles. The maximum absolute atomic E-state index is 12.6. The van der Waals surface area contributed by atoms with Crippen LogP contribution in [0.5, 0.6) is 0 Å². The van der Waals surface area contributed by atoms with Gasteiger partial charge in [0.25, 0.3) is 0 Å². The van der Waals surface area contributed by atoms with Crippen LogP contribution in [0.2, 0.25) is 0 Å². The van der Waals surface area contributed by atoms with E-state index in [4.69, 9.17) is 0 Å². The summed E-state index contributed by atoms with van der Waals surface area (Å²) in [7, 11) is 0. The first-order valence-corrected chi connectivity index (χ1v) is 9.75. The predicted molar refractivity (Wildman–Crippen MR) is 111 cm³/mol. The van der Waals surface area contributed by atoms with Crippen molar-refractivity contribution in [1.82, 2.24) is 9.88 Å². The number of fused-ring (bicyclic) bond motifs is 1. The Morgan fingerprint density at radius 3 is 2.59 bits per heavy atom. The second-order valence-corrected chi connectivity index (χ2v) is 7.19. The lowest BCUT2D eigenvalue weighted by Gasteiger charge is -2.25. The number of nitrogens with one attached hydrogen (secondary N) is 1. The van der Waals surface area contributed by atoms with Gasteiger partial charge in [-0.2, -0.15) is 0 Å². The third-order valence-electron chi connectivity index (χ3n) is 5.20. The van der Waals surface area contributed by atoms with Crippen LogP contribution in [0.25, 0.3) is 10.8 Å². The van der Waals surface area contributed by atoms with Crippen LogP contribution in [0.1, 0.15) is 36.0 Å². The highest BCUT2D eigenvalue weighted by Gasteiger charge is 2.13. The Balaban J connectivity index is 1.44. The number of likely N-dealkylation sites (tertiary alicyclic amines) is 1. The Kier molecular flexibility index (Phi) is 5.45. The Morgan fingerprint density at radius 1 is 0.963 bits per heavy atom. The van der Waals surface area contributed by atoms with Gasteiger partial charge in [-0.05, 0) is 67.0 Å². The Hall–Kier alpha value is -2.72. The molecule has 0 spiro atoms. The van der Waals surface area contributed by atoms with Gasteiger partial charge in [-0.3, -0.25) is 4.79 Å². The first kappa shape index (κ1) is 17.7. The molecule has 0 aliphatic carbocycles. The summed E-state index contributed by atoms with van der Waals surface area (Å²) in [5, 5.41) is 5.51. The average molecular weight is 359 g/mol. The van der Waals surface area contributed by atoms with Gasteiger partial charge in [0.1, 0.15) is 5.82 Å². The molecule has 4 heteroatoms. The lowest BCUT2D eigenvalue weighted by molar-refractivity contribution is 0.0959. The molecule has 1 N–H and O–H groups in total. The van der Waals surface area contributed by atoms with Gasteiger partial charge in [-0.15, -0.1) is 0 Å². The largest absolute Gasteiger partial charge is 0.340 e. The van der Waals surface area contributed by atoms with Gasteiger partial charge in [0.05, 0.1) is 0 Å². The number of carbonyl (C=O) groups is 1. The van der Waals surface area contributed by atoms with Crippen LogP contribution in [-0.2, 0) is 0 Å². The number of nitrogens with zero attached hydrogens (tertiary/aromatic N) is 2. The Bertz CT molecular complexity index is 917. The molecule has 2 heterocycles. The smallest absolute Gasteiger partial charge is 0.164 e. The van der Waals surface area contributed by atoms with Crippen molar-refractivity contribution in [3.63, 3.8) is 0 Å². The molecule has 4 nitrogen and oxygen atoms in total. The zero-order valence-corrected chi connectivity index (χ0v) is 15.5. The molecule has 0 unspecified atom stereocenters. The van der Waals surface area contributed by atoms with E-state index in [0.29, 0.717) is 6.42 Å². The molecule has 0 bridgehead atoms. The molecule has 0 saturated carbocycles. The zero-order valence-electron chi connectivity index (χ0n) is 15.5. The summed E-state index contributed by atoms with van der Waals surface area (Å²) in [5.41, 5.74) is 1.80. The van der Waals surface area contributed by atoms with Crippen molar-refractivity contribution in [3.05, 3.63) is 66.4 Å². The molecule has 1 aliphatic heterocycles. The van der Waals surface area contributed by atoms with E-state index < -0.39 is 0 Å². The molecule has 2 aromatic carbocycles. The van der Waals surface area contributed by atoms with Crippen molar-refractivity contribution in [2.75, 3.05) is 25.0 Å². The average Bonchev–Trinajstić information content (AvgIpc) is 2.73. The van der Waals surface area contributed by atoms with Crippen molar-refractivity contribution in [1.29, 1.82) is 0 Å². The van der Waals surface area contributed by atoms with Gasteiger partial charge < -0.3 is 10.2 Å². The highest BCUT2D eigenvalue weighted by Crippen LogP contribution is 2.23. The molecule has 0 atom stereocenters. The fraction of sp³-hybridized carbons (Fsp3) is 0.304. The topological polar surface area (TPSA) is 45.2 Å². The van der Waals surface area contributed by atoms with Crippen LogP contribution in [0.3, 0.4) is 0 Å². The van der Waals surface area contributed by atoms with Gasteiger partial charge >= 0.3 is 0 Å². The van der Waals surface area contributed by atoms with E-state index in [1.165, 1.54) is 19.3 Å². The van der Waals surface area contributed by atoms with Gasteiger partial charge in [-0.25, -0.2) is 4.98 Å². The number of Topliss-reactive ketones (excluding diaryl/α,β-unsaturated/α-hetero) is 1. The highest BCUT2D eigenvalue weighted by atomic mass is 16.1. The van der Waals surface area contributed by atoms with Crippen molar-refractivity contribution >= 4 is 28.1 Å². The maximum Gasteiger partial charge on any atom is 0.164 e. The van der Waals surface area contributed by atoms with Crippen LogP contribution >= 0.6 is 0 Å². The van der Waals surface area contributed by atoms with Gasteiger partial charge in [0.15, 0.2) is 5.78 Å². The van der Waals surface area contributed by atoms with Gasteiger partial charge in [-0.1, -0.05) is 30.7 Å². The number of rotatable bonds is 6. The Morgan fingerprint density at radius 2 is 1.78 bits per heavy atom. The van der Waals surface area contributed by atoms with E-state index in [-0.39, 0.29) is 5.78 Å². The molecular formula is C23H25N3O. The fourth-order valence-electron chi connectivity index (χ4n) is 3.67. The van der Waals surface area contributed by atoms with E-state index in [9.17, 15) is 4.79 Å². The van der Waals surface area contributed by atoms with E-state index in [2.05, 4.69) is 27.3 Å². The maximum atomic E-state index is 12.6. The SMILES string of the molecule is O=C(CCN1CCCCC1)c1ccc2cc(Nc3ccccn3)ccc2c1. The van der Waals surface area contributed by atoms with Crippen molar-refractivity contribution in [2.24, 2.45) is 0 Å². The predicted octanol–water partition coefficient (Wildman–Crippen LogP) is 5.04. The second kappa shape index (κ2) is 8.31. The number of pyridine rings is 1.